The minimum Gasteiger partial charge on any atom is -0.0882 e. The normalized spacial score (nSPS) is 29.3. The van der Waals surface area contributed by atoms with E-state index in [1.165, 1.54) is 136 Å². The fourth-order valence-electron chi connectivity index (χ4n) is 9.85. The van der Waals surface area contributed by atoms with Gasteiger partial charge in [-0.2, -0.15) is 0 Å². The minimum absolute atomic E-state index is 0.606. The highest BCUT2D eigenvalue weighted by molar-refractivity contribution is 5.25. The summed E-state index contributed by atoms with van der Waals surface area (Å²) in [7, 11) is 0. The van der Waals surface area contributed by atoms with Crippen LogP contribution in [0.25, 0.3) is 0 Å². The summed E-state index contributed by atoms with van der Waals surface area (Å²) >= 11 is 0. The topological polar surface area (TPSA) is 0 Å². The molecule has 99 heavy (non-hydrogen) atoms. The Balaban J connectivity index is 0.000000544. The molecule has 11 rings (SSSR count). The van der Waals surface area contributed by atoms with Crippen LogP contribution < -0.4 is 0 Å². The summed E-state index contributed by atoms with van der Waals surface area (Å²) in [6, 6.07) is 0. The fourth-order valence-corrected chi connectivity index (χ4v) is 9.85. The first-order valence-corrected chi connectivity index (χ1v) is 38.2. The molecule has 0 saturated carbocycles. The lowest BCUT2D eigenvalue weighted by atomic mass is 10.0. The molecule has 0 heterocycles. The quantitative estimate of drug-likeness (QED) is 0.212. The first-order chi connectivity index (χ1) is 48.3. The van der Waals surface area contributed by atoms with Gasteiger partial charge in [-0.25, -0.2) is 0 Å². The molecule has 3 atom stereocenters. The van der Waals surface area contributed by atoms with Gasteiger partial charge in [0.15, 0.2) is 0 Å². The molecule has 534 valence electrons. The zero-order valence-corrected chi connectivity index (χ0v) is 64.4. The fraction of sp³-hybridized carbons (Fsp3) is 0.394. The highest BCUT2D eigenvalue weighted by Crippen LogP contribution is 2.15. The van der Waals surface area contributed by atoms with Crippen molar-refractivity contribution in [3.63, 3.8) is 0 Å². The van der Waals surface area contributed by atoms with Crippen LogP contribution in [0.15, 0.2) is 361 Å². The van der Waals surface area contributed by atoms with Gasteiger partial charge in [-0.15, -0.1) is 0 Å². The molecule has 0 aliphatic heterocycles. The van der Waals surface area contributed by atoms with Gasteiger partial charge in [-0.05, 0) is 226 Å². The van der Waals surface area contributed by atoms with Crippen LogP contribution in [0, 0.1) is 23.7 Å². The maximum atomic E-state index is 2.35. The maximum Gasteiger partial charge on any atom is -0.00787 e. The van der Waals surface area contributed by atoms with Crippen LogP contribution in [0.4, 0.5) is 0 Å². The SMILES string of the molecule is C/C1=C/C/C=C\C=C/C1.C/C1=C/C=C\C/C=C\C1.C/C1=C/C=C\C=C/CC1.C/C1=C/CC/C=C\CC1.CC1/C=C\CC/C=C\C1.CC1=C/C=C\CCC=C1.CC1=CC/C=C\CC=C1.CC1=CCC/C=C/C=C1.CC1C/C=C\C/C=C\C1.CC1C=CC/C=C\C=C/1.CC1\C=C/C=C\C=C/C1. The standard InChI is InChI=1S/3C9H14.8C9H12/c11*1-9-7-5-3-2-4-6-8-9/h3,5-6,8-9H,2,4,7H2,1H3;3-6,9H,2,7-8H2,1H3;2-3,8H,4-7H2,1H3;3,5-8H,2,4H2,1H3;3-7H,2,8H2,1H3;2-3,6-8H,4-5H2,1H3;2-3,5,7-8H,4,6H2,1H3;2-3,5-9H,4H2,1H3;2-5,8H,6-7H2,1H3;2-5,7H,6,8H2,1H3;2-7,9H,8H2,1H3/b5-3-,8-6-;5-3-,6-4-;3-2-,9-8-;5-3-,8-6?,9-7?;5-3-,6-4-,9-7-;3-2-,8-6?,9-7?;3-2+,7-5?,9-8?;3-2-,7-5-,8-6?;4-2-,5-3-,9-8-;4-2-,5-3-,9-7-;3-2-,6-4-,7-5-. The van der Waals surface area contributed by atoms with E-state index in [2.05, 4.69) is 398 Å². The molecule has 0 aromatic heterocycles. The number of rotatable bonds is 0. The lowest BCUT2D eigenvalue weighted by molar-refractivity contribution is 0.599. The maximum absolute atomic E-state index is 2.35. The van der Waals surface area contributed by atoms with Crippen molar-refractivity contribution < 1.29 is 0 Å². The third-order valence-electron chi connectivity index (χ3n) is 16.3. The Morgan fingerprint density at radius 3 is 1.58 bits per heavy atom. The molecule has 0 N–H and O–H groups in total. The van der Waals surface area contributed by atoms with E-state index in [1.54, 1.807) is 5.57 Å². The van der Waals surface area contributed by atoms with Gasteiger partial charge in [0.1, 0.15) is 0 Å². The summed E-state index contributed by atoms with van der Waals surface area (Å²) in [4.78, 5) is 0. The highest BCUT2D eigenvalue weighted by atomic mass is 14.0. The van der Waals surface area contributed by atoms with E-state index in [-0.39, 0.29) is 0 Å². The molecule has 0 fully saturated rings. The summed E-state index contributed by atoms with van der Waals surface area (Å²) in [6.07, 6.45) is 144. The molecular formula is C99H138. The van der Waals surface area contributed by atoms with E-state index in [9.17, 15) is 0 Å². The Hall–Kier alpha value is -7.80. The molecule has 0 heteroatoms. The molecule has 3 unspecified atom stereocenters. The number of allylic oxidation sites excluding steroid dienone is 60. The highest BCUT2D eigenvalue weighted by Gasteiger charge is 1.98. The largest absolute Gasteiger partial charge is 0.0882 e. The van der Waals surface area contributed by atoms with Crippen LogP contribution >= 0.6 is 0 Å². The summed E-state index contributed by atoms with van der Waals surface area (Å²) in [5, 5.41) is 0. The molecule has 0 aromatic carbocycles. The van der Waals surface area contributed by atoms with Crippen molar-refractivity contribution in [1.82, 2.24) is 0 Å². The summed E-state index contributed by atoms with van der Waals surface area (Å²) in [6.45, 7) is 24.1. The average Bonchev–Trinajstić information content (AvgIpc) is 3.65. The van der Waals surface area contributed by atoms with E-state index in [0.717, 1.165) is 63.2 Å². The number of hydrogen-bond acceptors (Lipinski definition) is 0. The van der Waals surface area contributed by atoms with Gasteiger partial charge in [0.25, 0.3) is 0 Å². The molecule has 0 aromatic rings. The Morgan fingerprint density at radius 2 is 0.717 bits per heavy atom. The monoisotopic (exact) mass is 1330 g/mol. The second kappa shape index (κ2) is 68.7. The van der Waals surface area contributed by atoms with Crippen LogP contribution in [0.3, 0.4) is 0 Å². The predicted octanol–water partition coefficient (Wildman–Crippen LogP) is 31.3. The lowest BCUT2D eigenvalue weighted by Crippen LogP contribution is -1.90. The molecule has 0 radical (unpaired) electrons. The zero-order valence-electron chi connectivity index (χ0n) is 64.4. The molecule has 0 bridgehead atoms. The summed E-state index contributed by atoms with van der Waals surface area (Å²) < 4.78 is 0. The predicted molar refractivity (Wildman–Crippen MR) is 454 cm³/mol. The first kappa shape index (κ1) is 89.2. The van der Waals surface area contributed by atoms with Crippen molar-refractivity contribution in [2.75, 3.05) is 0 Å². The summed E-state index contributed by atoms with van der Waals surface area (Å²) in [5.41, 5.74) is 10.0. The van der Waals surface area contributed by atoms with E-state index < -0.39 is 0 Å². The molecule has 0 spiro atoms. The Kier molecular flexibility index (Phi) is 61.9. The third kappa shape index (κ3) is 67.2. The molecule has 11 aliphatic rings. The second-order valence-corrected chi connectivity index (χ2v) is 26.8. The van der Waals surface area contributed by atoms with Crippen LogP contribution in [-0.4, -0.2) is 0 Å². The van der Waals surface area contributed by atoms with Crippen LogP contribution in [0.1, 0.15) is 230 Å². The van der Waals surface area contributed by atoms with Gasteiger partial charge < -0.3 is 0 Å². The Morgan fingerprint density at radius 1 is 0.232 bits per heavy atom. The summed E-state index contributed by atoms with van der Waals surface area (Å²) in [5.74, 6) is 2.90. The van der Waals surface area contributed by atoms with E-state index in [1.807, 2.05) is 0 Å². The van der Waals surface area contributed by atoms with Gasteiger partial charge >= 0.3 is 0 Å². The lowest BCUT2D eigenvalue weighted by Gasteiger charge is -2.05. The smallest absolute Gasteiger partial charge is 0.00787 e. The van der Waals surface area contributed by atoms with Crippen molar-refractivity contribution in [3.05, 3.63) is 361 Å². The van der Waals surface area contributed by atoms with Crippen LogP contribution in [-0.2, 0) is 0 Å². The second-order valence-electron chi connectivity index (χ2n) is 26.8. The molecule has 0 amide bonds. The number of hydrogen-bond donors (Lipinski definition) is 0. The average molecular weight is 1330 g/mol. The van der Waals surface area contributed by atoms with Gasteiger partial charge in [0, 0.05) is 0 Å². The molecule has 0 nitrogen and oxygen atoms in total. The zero-order chi connectivity index (χ0) is 71.8. The van der Waals surface area contributed by atoms with Crippen molar-refractivity contribution in [3.8, 4) is 0 Å². The Labute approximate surface area is 611 Å². The molecule has 11 aliphatic carbocycles. The van der Waals surface area contributed by atoms with E-state index in [0.29, 0.717) is 11.8 Å². The van der Waals surface area contributed by atoms with Crippen molar-refractivity contribution >= 4 is 0 Å². The van der Waals surface area contributed by atoms with Crippen LogP contribution in [0.5, 0.6) is 0 Å². The Bertz CT molecular complexity index is 3030. The van der Waals surface area contributed by atoms with Crippen molar-refractivity contribution in [2.24, 2.45) is 23.7 Å². The van der Waals surface area contributed by atoms with Gasteiger partial charge in [-0.3, -0.25) is 0 Å². The molecular weight excluding hydrogens is 1190 g/mol. The van der Waals surface area contributed by atoms with Crippen molar-refractivity contribution in [2.45, 2.75) is 230 Å². The first-order valence-electron chi connectivity index (χ1n) is 38.2. The van der Waals surface area contributed by atoms with Gasteiger partial charge in [-0.1, -0.05) is 389 Å². The van der Waals surface area contributed by atoms with E-state index >= 15 is 0 Å². The van der Waals surface area contributed by atoms with Crippen LogP contribution in [0.2, 0.25) is 0 Å². The molecule has 0 saturated heterocycles. The van der Waals surface area contributed by atoms with Gasteiger partial charge in [0.05, 0.1) is 0 Å². The van der Waals surface area contributed by atoms with E-state index in [4.69, 9.17) is 0 Å². The van der Waals surface area contributed by atoms with Crippen molar-refractivity contribution in [1.29, 1.82) is 0 Å². The van der Waals surface area contributed by atoms with Gasteiger partial charge in [0.2, 0.25) is 0 Å². The third-order valence-corrected chi connectivity index (χ3v) is 16.3. The minimum atomic E-state index is 0.606.